The van der Waals surface area contributed by atoms with Crippen molar-refractivity contribution in [2.75, 3.05) is 30.6 Å². The molecule has 0 unspecified atom stereocenters. The average Bonchev–Trinajstić information content (AvgIpc) is 3.07. The van der Waals surface area contributed by atoms with Gasteiger partial charge in [0, 0.05) is 35.0 Å². The second-order valence-corrected chi connectivity index (χ2v) is 11.1. The van der Waals surface area contributed by atoms with Crippen molar-refractivity contribution in [1.29, 1.82) is 0 Å². The third kappa shape index (κ3) is 7.45. The van der Waals surface area contributed by atoms with E-state index in [1.807, 2.05) is 36.2 Å². The molecular formula is C28H36N2O5S2. The molecule has 3 rings (SSSR count). The maximum Gasteiger partial charge on any atom is 0.333 e. The summed E-state index contributed by atoms with van der Waals surface area (Å²) in [5.74, 6) is 1.19. The Balaban J connectivity index is 2.09. The Bertz CT molecular complexity index is 1100. The smallest absolute Gasteiger partial charge is 0.333 e. The maximum absolute atomic E-state index is 11.5. The molecule has 0 spiro atoms. The fourth-order valence-corrected chi connectivity index (χ4v) is 6.44. The van der Waals surface area contributed by atoms with Gasteiger partial charge in [0.15, 0.2) is 0 Å². The lowest BCUT2D eigenvalue weighted by molar-refractivity contribution is -0.384. The van der Waals surface area contributed by atoms with Gasteiger partial charge in [-0.1, -0.05) is 39.5 Å². The minimum atomic E-state index is -0.476. The highest BCUT2D eigenvalue weighted by atomic mass is 32.2. The van der Waals surface area contributed by atoms with Gasteiger partial charge in [0.2, 0.25) is 0 Å². The molecule has 9 heteroatoms. The van der Waals surface area contributed by atoms with Gasteiger partial charge in [0.25, 0.3) is 5.69 Å². The quantitative estimate of drug-likeness (QED) is 0.0664. The van der Waals surface area contributed by atoms with Gasteiger partial charge in [-0.25, -0.2) is 4.79 Å². The highest BCUT2D eigenvalue weighted by Gasteiger charge is 2.36. The van der Waals surface area contributed by atoms with Crippen molar-refractivity contribution in [3.05, 3.63) is 58.9 Å². The van der Waals surface area contributed by atoms with Crippen molar-refractivity contribution in [1.82, 2.24) is 0 Å². The zero-order valence-electron chi connectivity index (χ0n) is 22.0. The molecule has 200 valence electrons. The Labute approximate surface area is 228 Å². The molecule has 0 saturated carbocycles. The van der Waals surface area contributed by atoms with Crippen LogP contribution in [0.3, 0.4) is 0 Å². The number of carbonyl (C=O) groups excluding carboxylic acids is 1. The number of esters is 1. The van der Waals surface area contributed by atoms with E-state index >= 15 is 0 Å². The summed E-state index contributed by atoms with van der Waals surface area (Å²) >= 11 is 3.42. The first-order valence-corrected chi connectivity index (χ1v) is 14.9. The number of anilines is 2. The van der Waals surface area contributed by atoms with Crippen molar-refractivity contribution in [3.8, 4) is 5.75 Å². The minimum Gasteiger partial charge on any atom is -0.466 e. The number of carbonyl (C=O) groups is 1. The molecule has 0 N–H and O–H groups in total. The Morgan fingerprint density at radius 2 is 1.86 bits per heavy atom. The van der Waals surface area contributed by atoms with Gasteiger partial charge in [-0.2, -0.15) is 0 Å². The summed E-state index contributed by atoms with van der Waals surface area (Å²) in [7, 11) is 1.33. The van der Waals surface area contributed by atoms with E-state index in [1.54, 1.807) is 23.9 Å². The summed E-state index contributed by atoms with van der Waals surface area (Å²) in [4.78, 5) is 26.8. The zero-order chi connectivity index (χ0) is 26.8. The molecule has 0 bridgehead atoms. The maximum atomic E-state index is 11.5. The van der Waals surface area contributed by atoms with Crippen LogP contribution in [0.2, 0.25) is 0 Å². The average molecular weight is 545 g/mol. The lowest BCUT2D eigenvalue weighted by Gasteiger charge is -2.37. The van der Waals surface area contributed by atoms with E-state index in [9.17, 15) is 14.9 Å². The molecule has 1 aliphatic heterocycles. The number of nitro benzene ring substituents is 1. The fraction of sp³-hybridized carbons (Fsp3) is 0.464. The van der Waals surface area contributed by atoms with E-state index in [-0.39, 0.29) is 16.0 Å². The minimum absolute atomic E-state index is 0.0855. The van der Waals surface area contributed by atoms with Gasteiger partial charge in [0.1, 0.15) is 5.75 Å². The second kappa shape index (κ2) is 13.8. The molecule has 0 amide bonds. The third-order valence-corrected chi connectivity index (χ3v) is 8.81. The van der Waals surface area contributed by atoms with Crippen molar-refractivity contribution in [3.63, 3.8) is 0 Å². The SMILES string of the molecule is CCCCC1(CCCC)CSc2cc(O/C=C/C(=O)OC)c(SC)cc2N(c2ccc([N+](=O)[O-])cc2)C1. The largest absolute Gasteiger partial charge is 0.466 e. The highest BCUT2D eigenvalue weighted by Crippen LogP contribution is 2.50. The Morgan fingerprint density at radius 3 is 2.43 bits per heavy atom. The summed E-state index contributed by atoms with van der Waals surface area (Å²) in [5, 5.41) is 11.3. The Morgan fingerprint density at radius 1 is 1.19 bits per heavy atom. The Hall–Kier alpha value is -2.65. The van der Waals surface area contributed by atoms with E-state index in [0.29, 0.717) is 5.75 Å². The number of nitrogens with zero attached hydrogens (tertiary/aromatic N) is 2. The van der Waals surface area contributed by atoms with Crippen LogP contribution in [0.5, 0.6) is 5.75 Å². The van der Waals surface area contributed by atoms with Crippen LogP contribution in [0.25, 0.3) is 0 Å². The zero-order valence-corrected chi connectivity index (χ0v) is 23.7. The summed E-state index contributed by atoms with van der Waals surface area (Å²) < 4.78 is 10.5. The van der Waals surface area contributed by atoms with Crippen LogP contribution in [0.1, 0.15) is 52.4 Å². The van der Waals surface area contributed by atoms with Crippen LogP contribution in [-0.2, 0) is 9.53 Å². The normalized spacial score (nSPS) is 14.8. The van der Waals surface area contributed by atoms with Crippen LogP contribution >= 0.6 is 23.5 Å². The van der Waals surface area contributed by atoms with E-state index in [0.717, 1.165) is 72.0 Å². The number of hydrogen-bond acceptors (Lipinski definition) is 8. The van der Waals surface area contributed by atoms with Crippen LogP contribution in [-0.4, -0.2) is 36.6 Å². The van der Waals surface area contributed by atoms with Crippen molar-refractivity contribution in [2.24, 2.45) is 5.41 Å². The summed E-state index contributed by atoms with van der Waals surface area (Å²) in [6, 6.07) is 11.0. The van der Waals surface area contributed by atoms with Gasteiger partial charge in [-0.3, -0.25) is 10.1 Å². The molecule has 37 heavy (non-hydrogen) atoms. The highest BCUT2D eigenvalue weighted by molar-refractivity contribution is 7.99. The van der Waals surface area contributed by atoms with Gasteiger partial charge in [-0.05, 0) is 48.8 Å². The van der Waals surface area contributed by atoms with Crippen LogP contribution < -0.4 is 9.64 Å². The van der Waals surface area contributed by atoms with Gasteiger partial charge in [-0.15, -0.1) is 23.5 Å². The number of hydrogen-bond donors (Lipinski definition) is 0. The first-order chi connectivity index (χ1) is 17.9. The number of rotatable bonds is 12. The van der Waals surface area contributed by atoms with Crippen molar-refractivity contribution in [2.45, 2.75) is 62.2 Å². The monoisotopic (exact) mass is 544 g/mol. The molecule has 0 fully saturated rings. The molecule has 7 nitrogen and oxygen atoms in total. The first-order valence-electron chi connectivity index (χ1n) is 12.6. The van der Waals surface area contributed by atoms with Crippen molar-refractivity contribution < 1.29 is 19.2 Å². The van der Waals surface area contributed by atoms with Crippen LogP contribution in [0.15, 0.2) is 58.5 Å². The second-order valence-electron chi connectivity index (χ2n) is 9.27. The summed E-state index contributed by atoms with van der Waals surface area (Å²) in [6.45, 7) is 5.31. The van der Waals surface area contributed by atoms with Crippen molar-refractivity contribution >= 4 is 46.6 Å². The molecule has 0 atom stereocenters. The van der Waals surface area contributed by atoms with Gasteiger partial charge >= 0.3 is 5.97 Å². The van der Waals surface area contributed by atoms with E-state index in [4.69, 9.17) is 4.74 Å². The first kappa shape index (κ1) is 28.9. The standard InChI is InChI=1S/C28H36N2O5S2/c1-5-7-14-28(15-8-6-2)19-29(21-9-11-22(12-10-21)30(32)33)23-17-26(36-4)24(18-25(23)37-20-28)35-16-13-27(31)34-3/h9-13,16-18H,5-8,14-15,19-20H2,1-4H3/b16-13+. The number of fused-ring (bicyclic) bond motifs is 1. The third-order valence-electron chi connectivity index (χ3n) is 6.66. The molecule has 0 aliphatic carbocycles. The Kier molecular flexibility index (Phi) is 10.8. The predicted octanol–water partition coefficient (Wildman–Crippen LogP) is 7.99. The number of unbranched alkanes of at least 4 members (excludes halogenated alkanes) is 2. The number of thioether (sulfide) groups is 2. The topological polar surface area (TPSA) is 81.9 Å². The number of nitro groups is 1. The molecule has 0 radical (unpaired) electrons. The number of methoxy groups -OCH3 is 1. The number of benzene rings is 2. The molecule has 1 heterocycles. The molecule has 0 saturated heterocycles. The molecule has 2 aromatic rings. The molecule has 1 aliphatic rings. The van der Waals surface area contributed by atoms with Crippen LogP contribution in [0.4, 0.5) is 17.1 Å². The fourth-order valence-electron chi connectivity index (χ4n) is 4.55. The number of non-ortho nitro benzene ring substituents is 1. The number of ether oxygens (including phenoxy) is 2. The molecule has 2 aromatic carbocycles. The predicted molar refractivity (Wildman–Crippen MR) is 152 cm³/mol. The van der Waals surface area contributed by atoms with Gasteiger partial charge < -0.3 is 14.4 Å². The van der Waals surface area contributed by atoms with E-state index in [2.05, 4.69) is 29.6 Å². The van der Waals surface area contributed by atoms with Gasteiger partial charge in [0.05, 0.1) is 35.0 Å². The van der Waals surface area contributed by atoms with E-state index in [1.165, 1.54) is 19.4 Å². The molecule has 0 aromatic heterocycles. The van der Waals surface area contributed by atoms with Crippen LogP contribution in [0, 0.1) is 15.5 Å². The van der Waals surface area contributed by atoms with E-state index < -0.39 is 5.97 Å². The summed E-state index contributed by atoms with van der Waals surface area (Å²) in [5.41, 5.74) is 2.21. The lowest BCUT2D eigenvalue weighted by Crippen LogP contribution is -2.36. The summed E-state index contributed by atoms with van der Waals surface area (Å²) in [6.07, 6.45) is 11.5. The molecular weight excluding hydrogens is 508 g/mol. The lowest BCUT2D eigenvalue weighted by atomic mass is 9.79.